The van der Waals surface area contributed by atoms with Crippen LogP contribution in [0.5, 0.6) is 0 Å². The topological polar surface area (TPSA) is 45.7 Å². The molecule has 0 amide bonds. The maximum atomic E-state index is 5.61. The first kappa shape index (κ1) is 14.9. The van der Waals surface area contributed by atoms with Gasteiger partial charge in [0.05, 0.1) is 12.6 Å². The summed E-state index contributed by atoms with van der Waals surface area (Å²) in [6.07, 6.45) is 2.64. The zero-order valence-corrected chi connectivity index (χ0v) is 12.5. The second kappa shape index (κ2) is 7.90. The zero-order chi connectivity index (χ0) is 14.2. The smallest absolute Gasteiger partial charge is 0.191 e. The molecule has 20 heavy (non-hydrogen) atoms. The van der Waals surface area contributed by atoms with Crippen molar-refractivity contribution >= 4 is 5.96 Å². The van der Waals surface area contributed by atoms with Crippen molar-refractivity contribution in [2.24, 2.45) is 4.99 Å². The van der Waals surface area contributed by atoms with Gasteiger partial charge in [-0.2, -0.15) is 0 Å². The van der Waals surface area contributed by atoms with Gasteiger partial charge in [-0.3, -0.25) is 0 Å². The number of aryl methyl sites for hydroxylation is 1. The molecule has 1 aliphatic rings. The van der Waals surface area contributed by atoms with Gasteiger partial charge < -0.3 is 15.4 Å². The van der Waals surface area contributed by atoms with Gasteiger partial charge in [-0.05, 0) is 32.3 Å². The molecule has 1 aromatic carbocycles. The molecule has 1 heterocycles. The summed E-state index contributed by atoms with van der Waals surface area (Å²) in [4.78, 5) is 4.62. The van der Waals surface area contributed by atoms with E-state index in [0.29, 0.717) is 12.6 Å². The fourth-order valence-corrected chi connectivity index (χ4v) is 2.34. The number of hydrogen-bond donors (Lipinski definition) is 2. The lowest BCUT2D eigenvalue weighted by atomic mass is 10.1. The van der Waals surface area contributed by atoms with Gasteiger partial charge in [-0.25, -0.2) is 4.99 Å². The zero-order valence-electron chi connectivity index (χ0n) is 12.5. The molecule has 2 N–H and O–H groups in total. The molecule has 110 valence electrons. The number of hydrogen-bond acceptors (Lipinski definition) is 2. The molecule has 4 nitrogen and oxygen atoms in total. The predicted octanol–water partition coefficient (Wildman–Crippen LogP) is 2.23. The largest absolute Gasteiger partial charge is 0.376 e. The molecular formula is C16H25N3O. The number of nitrogens with one attached hydrogen (secondary N) is 2. The second-order valence-corrected chi connectivity index (χ2v) is 5.20. The van der Waals surface area contributed by atoms with Crippen LogP contribution in [0, 0.1) is 6.92 Å². The van der Waals surface area contributed by atoms with Crippen LogP contribution < -0.4 is 10.6 Å². The Morgan fingerprint density at radius 3 is 3.00 bits per heavy atom. The highest BCUT2D eigenvalue weighted by molar-refractivity contribution is 5.79. The maximum absolute atomic E-state index is 5.61. The molecular weight excluding hydrogens is 250 g/mol. The minimum Gasteiger partial charge on any atom is -0.376 e. The van der Waals surface area contributed by atoms with Crippen LogP contribution in [0.3, 0.4) is 0 Å². The van der Waals surface area contributed by atoms with E-state index in [1.165, 1.54) is 17.5 Å². The number of aliphatic imine (C=N–C) groups is 1. The Kier molecular flexibility index (Phi) is 5.87. The van der Waals surface area contributed by atoms with Crippen LogP contribution in [-0.2, 0) is 11.3 Å². The van der Waals surface area contributed by atoms with Crippen molar-refractivity contribution in [3.05, 3.63) is 35.4 Å². The van der Waals surface area contributed by atoms with Gasteiger partial charge in [0.25, 0.3) is 0 Å². The quantitative estimate of drug-likeness (QED) is 0.640. The van der Waals surface area contributed by atoms with Crippen molar-refractivity contribution in [1.29, 1.82) is 0 Å². The third-order valence-electron chi connectivity index (χ3n) is 3.37. The van der Waals surface area contributed by atoms with E-state index in [1.807, 2.05) is 0 Å². The van der Waals surface area contributed by atoms with Gasteiger partial charge in [-0.15, -0.1) is 0 Å². The van der Waals surface area contributed by atoms with Gasteiger partial charge in [0.2, 0.25) is 0 Å². The fraction of sp³-hybridized carbons (Fsp3) is 0.562. The van der Waals surface area contributed by atoms with Gasteiger partial charge in [0.1, 0.15) is 0 Å². The van der Waals surface area contributed by atoms with Crippen LogP contribution in [0.25, 0.3) is 0 Å². The summed E-state index contributed by atoms with van der Waals surface area (Å²) >= 11 is 0. The highest BCUT2D eigenvalue weighted by Crippen LogP contribution is 2.10. The van der Waals surface area contributed by atoms with Crippen molar-refractivity contribution in [2.45, 2.75) is 39.3 Å². The van der Waals surface area contributed by atoms with Crippen molar-refractivity contribution in [3.63, 3.8) is 0 Å². The molecule has 1 unspecified atom stereocenters. The van der Waals surface area contributed by atoms with E-state index in [4.69, 9.17) is 4.74 Å². The average molecular weight is 275 g/mol. The third-order valence-corrected chi connectivity index (χ3v) is 3.37. The molecule has 0 bridgehead atoms. The van der Waals surface area contributed by atoms with Crippen molar-refractivity contribution < 1.29 is 4.74 Å². The molecule has 2 rings (SSSR count). The molecule has 4 heteroatoms. The van der Waals surface area contributed by atoms with E-state index in [0.717, 1.165) is 32.1 Å². The van der Waals surface area contributed by atoms with E-state index in [2.05, 4.69) is 53.7 Å². The standard InChI is InChI=1S/C16H25N3O/c1-3-17-16(19-12-15-8-5-9-20-15)18-11-14-7-4-6-13(2)10-14/h4,6-7,10,15H,3,5,8-9,11-12H2,1-2H3,(H2,17,18,19). The van der Waals surface area contributed by atoms with Gasteiger partial charge in [0.15, 0.2) is 5.96 Å². The van der Waals surface area contributed by atoms with E-state index in [1.54, 1.807) is 0 Å². The molecule has 0 aliphatic carbocycles. The SMILES string of the molecule is CCNC(=NCc1cccc(C)c1)NCC1CCCO1. The summed E-state index contributed by atoms with van der Waals surface area (Å²) in [6, 6.07) is 8.47. The predicted molar refractivity (Wildman–Crippen MR) is 83.0 cm³/mol. The minimum atomic E-state index is 0.331. The number of nitrogens with zero attached hydrogens (tertiary/aromatic N) is 1. The van der Waals surface area contributed by atoms with Gasteiger partial charge in [-0.1, -0.05) is 29.8 Å². The highest BCUT2D eigenvalue weighted by atomic mass is 16.5. The van der Waals surface area contributed by atoms with E-state index < -0.39 is 0 Å². The first-order valence-corrected chi connectivity index (χ1v) is 7.47. The lowest BCUT2D eigenvalue weighted by molar-refractivity contribution is 0.114. The number of ether oxygens (including phenoxy) is 1. The fourth-order valence-electron chi connectivity index (χ4n) is 2.34. The molecule has 0 radical (unpaired) electrons. The van der Waals surface area contributed by atoms with Crippen LogP contribution in [-0.4, -0.2) is 31.8 Å². The summed E-state index contributed by atoms with van der Waals surface area (Å²) < 4.78 is 5.61. The van der Waals surface area contributed by atoms with E-state index in [9.17, 15) is 0 Å². The molecule has 0 spiro atoms. The summed E-state index contributed by atoms with van der Waals surface area (Å²) in [6.45, 7) is 7.47. The van der Waals surface area contributed by atoms with Crippen LogP contribution in [0.4, 0.5) is 0 Å². The Morgan fingerprint density at radius 1 is 1.40 bits per heavy atom. The monoisotopic (exact) mass is 275 g/mol. The highest BCUT2D eigenvalue weighted by Gasteiger charge is 2.15. The van der Waals surface area contributed by atoms with E-state index >= 15 is 0 Å². The molecule has 1 saturated heterocycles. The summed E-state index contributed by atoms with van der Waals surface area (Å²) in [5.41, 5.74) is 2.51. The summed E-state index contributed by atoms with van der Waals surface area (Å²) in [5.74, 6) is 0.865. The summed E-state index contributed by atoms with van der Waals surface area (Å²) in [7, 11) is 0. The van der Waals surface area contributed by atoms with Crippen LogP contribution >= 0.6 is 0 Å². The molecule has 0 saturated carbocycles. The number of rotatable bonds is 5. The summed E-state index contributed by atoms with van der Waals surface area (Å²) in [5, 5.41) is 6.64. The lowest BCUT2D eigenvalue weighted by Crippen LogP contribution is -2.41. The van der Waals surface area contributed by atoms with Crippen molar-refractivity contribution in [1.82, 2.24) is 10.6 Å². The Bertz CT molecular complexity index is 439. The van der Waals surface area contributed by atoms with Crippen LogP contribution in [0.1, 0.15) is 30.9 Å². The Morgan fingerprint density at radius 2 is 2.30 bits per heavy atom. The maximum Gasteiger partial charge on any atom is 0.191 e. The Balaban J connectivity index is 1.87. The average Bonchev–Trinajstić information content (AvgIpc) is 2.95. The first-order valence-electron chi connectivity index (χ1n) is 7.47. The second-order valence-electron chi connectivity index (χ2n) is 5.20. The van der Waals surface area contributed by atoms with Crippen molar-refractivity contribution in [3.8, 4) is 0 Å². The normalized spacial score (nSPS) is 19.1. The number of benzene rings is 1. The lowest BCUT2D eigenvalue weighted by Gasteiger charge is -2.14. The molecule has 1 aromatic rings. The molecule has 0 aromatic heterocycles. The van der Waals surface area contributed by atoms with Crippen LogP contribution in [0.2, 0.25) is 0 Å². The minimum absolute atomic E-state index is 0.331. The van der Waals surface area contributed by atoms with Gasteiger partial charge >= 0.3 is 0 Å². The molecule has 1 atom stereocenters. The number of guanidine groups is 1. The Labute approximate surface area is 121 Å². The Hall–Kier alpha value is -1.55. The first-order chi connectivity index (χ1) is 9.78. The molecule has 1 fully saturated rings. The van der Waals surface area contributed by atoms with Gasteiger partial charge in [0, 0.05) is 19.7 Å². The third kappa shape index (κ3) is 4.85. The van der Waals surface area contributed by atoms with Crippen LogP contribution in [0.15, 0.2) is 29.3 Å². The molecule has 1 aliphatic heterocycles. The van der Waals surface area contributed by atoms with E-state index in [-0.39, 0.29) is 0 Å². The van der Waals surface area contributed by atoms with Crippen molar-refractivity contribution in [2.75, 3.05) is 19.7 Å².